The highest BCUT2D eigenvalue weighted by molar-refractivity contribution is 6.31. The van der Waals surface area contributed by atoms with Crippen LogP contribution in [0.1, 0.15) is 0 Å². The van der Waals surface area contributed by atoms with E-state index in [0.29, 0.717) is 32.3 Å². The monoisotopic (exact) mass is 244 g/mol. The second kappa shape index (κ2) is 4.58. The lowest BCUT2D eigenvalue weighted by atomic mass is 10.4. The van der Waals surface area contributed by atoms with E-state index in [4.69, 9.17) is 16.3 Å². The molecule has 0 bridgehead atoms. The van der Waals surface area contributed by atoms with Gasteiger partial charge in [-0.05, 0) is 0 Å². The molecule has 0 aromatic carbocycles. The molecular weight excluding hydrogens is 236 g/mol. The summed E-state index contributed by atoms with van der Waals surface area (Å²) in [4.78, 5) is 19.6. The van der Waals surface area contributed by atoms with E-state index in [1.165, 1.54) is 0 Å². The lowest BCUT2D eigenvalue weighted by Gasteiger charge is -2.26. The van der Waals surface area contributed by atoms with Gasteiger partial charge in [0.1, 0.15) is 6.20 Å². The SMILES string of the molecule is O=[N+]([O-])c1cnc(N2CCOCC2)nc1Cl. The minimum absolute atomic E-state index is 0.138. The molecule has 0 atom stereocenters. The number of hydrogen-bond acceptors (Lipinski definition) is 6. The Bertz CT molecular complexity index is 408. The van der Waals surface area contributed by atoms with E-state index in [-0.39, 0.29) is 10.8 Å². The van der Waals surface area contributed by atoms with Crippen LogP contribution >= 0.6 is 11.6 Å². The summed E-state index contributed by atoms with van der Waals surface area (Å²) in [5.41, 5.74) is -0.279. The quantitative estimate of drug-likeness (QED) is 0.436. The highest BCUT2D eigenvalue weighted by atomic mass is 35.5. The van der Waals surface area contributed by atoms with Gasteiger partial charge in [-0.1, -0.05) is 11.6 Å². The molecule has 0 radical (unpaired) electrons. The largest absolute Gasteiger partial charge is 0.378 e. The maximum atomic E-state index is 10.5. The third-order valence-corrected chi connectivity index (χ3v) is 2.48. The van der Waals surface area contributed by atoms with Crippen molar-refractivity contribution in [3.8, 4) is 0 Å². The molecule has 0 amide bonds. The van der Waals surface area contributed by atoms with E-state index >= 15 is 0 Å². The zero-order valence-corrected chi connectivity index (χ0v) is 9.05. The summed E-state index contributed by atoms with van der Waals surface area (Å²) in [6.45, 7) is 2.51. The Kier molecular flexibility index (Phi) is 3.16. The third-order valence-electron chi connectivity index (χ3n) is 2.20. The van der Waals surface area contributed by atoms with Gasteiger partial charge in [0.25, 0.3) is 0 Å². The number of ether oxygens (including phenoxy) is 1. The summed E-state index contributed by atoms with van der Waals surface area (Å²) in [7, 11) is 0. The first-order chi connectivity index (χ1) is 7.68. The lowest BCUT2D eigenvalue weighted by Crippen LogP contribution is -2.37. The topological polar surface area (TPSA) is 81.4 Å². The van der Waals surface area contributed by atoms with E-state index in [9.17, 15) is 10.1 Å². The van der Waals surface area contributed by atoms with Crippen molar-refractivity contribution < 1.29 is 9.66 Å². The number of anilines is 1. The first-order valence-corrected chi connectivity index (χ1v) is 5.06. The molecule has 0 aliphatic carbocycles. The predicted molar refractivity (Wildman–Crippen MR) is 56.7 cm³/mol. The van der Waals surface area contributed by atoms with Crippen LogP contribution in [0.5, 0.6) is 0 Å². The Morgan fingerprint density at radius 3 is 2.75 bits per heavy atom. The van der Waals surface area contributed by atoms with E-state index < -0.39 is 4.92 Å². The predicted octanol–water partition coefficient (Wildman–Crippen LogP) is 0.875. The number of nitrogens with zero attached hydrogens (tertiary/aromatic N) is 4. The molecule has 1 aromatic rings. The first kappa shape index (κ1) is 11.0. The number of morpholine rings is 1. The van der Waals surface area contributed by atoms with Crippen LogP contribution in [0.4, 0.5) is 11.6 Å². The van der Waals surface area contributed by atoms with Crippen LogP contribution in [-0.4, -0.2) is 41.2 Å². The van der Waals surface area contributed by atoms with Gasteiger partial charge in [-0.25, -0.2) is 4.98 Å². The zero-order chi connectivity index (χ0) is 11.5. The molecule has 8 heteroatoms. The Hall–Kier alpha value is -1.47. The van der Waals surface area contributed by atoms with E-state index in [2.05, 4.69) is 9.97 Å². The Balaban J connectivity index is 2.23. The van der Waals surface area contributed by atoms with Crippen molar-refractivity contribution >= 4 is 23.2 Å². The van der Waals surface area contributed by atoms with Crippen LogP contribution in [-0.2, 0) is 4.74 Å². The van der Waals surface area contributed by atoms with Gasteiger partial charge in [0.15, 0.2) is 0 Å². The number of rotatable bonds is 2. The molecule has 0 spiro atoms. The molecule has 7 nitrogen and oxygen atoms in total. The van der Waals surface area contributed by atoms with Crippen LogP contribution in [0.3, 0.4) is 0 Å². The molecule has 1 aromatic heterocycles. The molecule has 1 saturated heterocycles. The summed E-state index contributed by atoms with van der Waals surface area (Å²) in [6.07, 6.45) is 1.13. The molecule has 1 aliphatic rings. The van der Waals surface area contributed by atoms with Gasteiger partial charge in [0, 0.05) is 13.1 Å². The van der Waals surface area contributed by atoms with Crippen molar-refractivity contribution in [2.24, 2.45) is 0 Å². The molecule has 0 unspecified atom stereocenters. The number of hydrogen-bond donors (Lipinski definition) is 0. The number of nitro groups is 1. The Labute approximate surface area is 96.2 Å². The standard InChI is InChI=1S/C8H9ClN4O3/c9-7-6(13(14)15)5-10-8(11-7)12-1-3-16-4-2-12/h5H,1-4H2. The molecular formula is C8H9ClN4O3. The van der Waals surface area contributed by atoms with Crippen LogP contribution in [0.2, 0.25) is 5.15 Å². The number of aromatic nitrogens is 2. The van der Waals surface area contributed by atoms with E-state index in [1.54, 1.807) is 0 Å². The summed E-state index contributed by atoms with van der Waals surface area (Å²) in [5.74, 6) is 0.402. The maximum absolute atomic E-state index is 10.5. The summed E-state index contributed by atoms with van der Waals surface area (Å²) < 4.78 is 5.17. The van der Waals surface area contributed by atoms with E-state index in [0.717, 1.165) is 6.20 Å². The second-order valence-electron chi connectivity index (χ2n) is 3.20. The molecule has 1 fully saturated rings. The zero-order valence-electron chi connectivity index (χ0n) is 8.30. The molecule has 16 heavy (non-hydrogen) atoms. The van der Waals surface area contributed by atoms with Gasteiger partial charge < -0.3 is 9.64 Å². The minimum atomic E-state index is -0.606. The van der Waals surface area contributed by atoms with Crippen LogP contribution in [0.25, 0.3) is 0 Å². The fraction of sp³-hybridized carbons (Fsp3) is 0.500. The third kappa shape index (κ3) is 2.20. The summed E-state index contributed by atoms with van der Waals surface area (Å²) in [5, 5.41) is 10.4. The molecule has 1 aliphatic heterocycles. The Morgan fingerprint density at radius 1 is 1.50 bits per heavy atom. The van der Waals surface area contributed by atoms with Crippen molar-refractivity contribution in [3.05, 3.63) is 21.5 Å². The fourth-order valence-electron chi connectivity index (χ4n) is 1.38. The van der Waals surface area contributed by atoms with Gasteiger partial charge >= 0.3 is 5.69 Å². The summed E-state index contributed by atoms with van der Waals surface area (Å²) in [6, 6.07) is 0. The van der Waals surface area contributed by atoms with Gasteiger partial charge in [-0.3, -0.25) is 10.1 Å². The van der Waals surface area contributed by atoms with Crippen molar-refractivity contribution in [1.82, 2.24) is 9.97 Å². The van der Waals surface area contributed by atoms with Gasteiger partial charge in [-0.15, -0.1) is 0 Å². The van der Waals surface area contributed by atoms with E-state index in [1.807, 2.05) is 4.90 Å². The number of halogens is 1. The smallest absolute Gasteiger partial charge is 0.324 e. The second-order valence-corrected chi connectivity index (χ2v) is 3.56. The van der Waals surface area contributed by atoms with Gasteiger partial charge in [0.2, 0.25) is 11.1 Å². The maximum Gasteiger partial charge on any atom is 0.324 e. The molecule has 2 rings (SSSR count). The van der Waals surface area contributed by atoms with Gasteiger partial charge in [-0.2, -0.15) is 4.98 Å². The van der Waals surface area contributed by atoms with Crippen molar-refractivity contribution in [3.63, 3.8) is 0 Å². The Morgan fingerprint density at radius 2 is 2.19 bits per heavy atom. The molecule has 86 valence electrons. The average Bonchev–Trinajstić information content (AvgIpc) is 2.29. The van der Waals surface area contributed by atoms with Crippen molar-refractivity contribution in [2.75, 3.05) is 31.2 Å². The molecule has 0 N–H and O–H groups in total. The average molecular weight is 245 g/mol. The highest BCUT2D eigenvalue weighted by Crippen LogP contribution is 2.23. The van der Waals surface area contributed by atoms with Crippen molar-refractivity contribution in [1.29, 1.82) is 0 Å². The van der Waals surface area contributed by atoms with Crippen LogP contribution in [0.15, 0.2) is 6.20 Å². The fourth-order valence-corrected chi connectivity index (χ4v) is 1.58. The lowest BCUT2D eigenvalue weighted by molar-refractivity contribution is -0.385. The minimum Gasteiger partial charge on any atom is -0.378 e. The molecule has 0 saturated carbocycles. The molecule has 2 heterocycles. The normalized spacial score (nSPS) is 16.2. The van der Waals surface area contributed by atoms with Crippen LogP contribution < -0.4 is 4.90 Å². The first-order valence-electron chi connectivity index (χ1n) is 4.68. The highest BCUT2D eigenvalue weighted by Gasteiger charge is 2.19. The summed E-state index contributed by atoms with van der Waals surface area (Å²) >= 11 is 5.69. The van der Waals surface area contributed by atoms with Gasteiger partial charge in [0.05, 0.1) is 18.1 Å². The van der Waals surface area contributed by atoms with Crippen molar-refractivity contribution in [2.45, 2.75) is 0 Å². The van der Waals surface area contributed by atoms with Crippen LogP contribution in [0, 0.1) is 10.1 Å².